The minimum atomic E-state index is -0.784. The van der Waals surface area contributed by atoms with Crippen molar-refractivity contribution in [2.75, 3.05) is 6.54 Å². The van der Waals surface area contributed by atoms with Gasteiger partial charge in [-0.3, -0.25) is 19.7 Å². The smallest absolute Gasteiger partial charge is 0.270 e. The topological polar surface area (TPSA) is 101 Å². The molecule has 1 aliphatic rings. The number of amides is 2. The molecule has 1 aromatic carbocycles. The van der Waals surface area contributed by atoms with Crippen LogP contribution in [0.25, 0.3) is 0 Å². The van der Waals surface area contributed by atoms with Gasteiger partial charge in [0.1, 0.15) is 5.82 Å². The van der Waals surface area contributed by atoms with Crippen LogP contribution >= 0.6 is 0 Å². The van der Waals surface area contributed by atoms with Gasteiger partial charge in [0, 0.05) is 31.1 Å². The van der Waals surface area contributed by atoms with Crippen LogP contribution in [-0.4, -0.2) is 29.3 Å². The summed E-state index contributed by atoms with van der Waals surface area (Å²) in [5.41, 5.74) is -0.678. The van der Waals surface area contributed by atoms with Crippen molar-refractivity contribution in [2.24, 2.45) is 0 Å². The van der Waals surface area contributed by atoms with E-state index >= 15 is 0 Å². The lowest BCUT2D eigenvalue weighted by Gasteiger charge is -2.12. The average Bonchev–Trinajstić information content (AvgIpc) is 2.84. The zero-order chi connectivity index (χ0) is 15.6. The maximum atomic E-state index is 13.9. The van der Waals surface area contributed by atoms with Crippen molar-refractivity contribution in [2.45, 2.75) is 25.8 Å². The van der Waals surface area contributed by atoms with Crippen LogP contribution in [0.2, 0.25) is 0 Å². The van der Waals surface area contributed by atoms with Crippen LogP contribution < -0.4 is 10.6 Å². The summed E-state index contributed by atoms with van der Waals surface area (Å²) in [5.74, 6) is -1.61. The third kappa shape index (κ3) is 3.33. The summed E-state index contributed by atoms with van der Waals surface area (Å²) in [6.45, 7) is 1.52. The van der Waals surface area contributed by atoms with Crippen molar-refractivity contribution < 1.29 is 18.9 Å². The SMILES string of the molecule is Cc1cc([N+](=O)[O-])cc(C(=O)NCC2CCC(=O)N2)c1F. The van der Waals surface area contributed by atoms with Crippen LogP contribution in [0.4, 0.5) is 10.1 Å². The van der Waals surface area contributed by atoms with Crippen molar-refractivity contribution in [3.63, 3.8) is 0 Å². The highest BCUT2D eigenvalue weighted by atomic mass is 19.1. The zero-order valence-electron chi connectivity index (χ0n) is 11.3. The lowest BCUT2D eigenvalue weighted by Crippen LogP contribution is -2.38. The highest BCUT2D eigenvalue weighted by Crippen LogP contribution is 2.21. The quantitative estimate of drug-likeness (QED) is 0.640. The number of hydrogen-bond donors (Lipinski definition) is 2. The molecule has 2 rings (SSSR count). The summed E-state index contributed by atoms with van der Waals surface area (Å²) in [7, 11) is 0. The summed E-state index contributed by atoms with van der Waals surface area (Å²) in [4.78, 5) is 33.0. The standard InChI is InChI=1S/C13H14FN3O4/c1-7-4-9(17(20)21)5-10(12(7)14)13(19)15-6-8-2-3-11(18)16-8/h4-5,8H,2-3,6H2,1H3,(H,15,19)(H,16,18). The second kappa shape index (κ2) is 5.86. The monoisotopic (exact) mass is 295 g/mol. The molecule has 2 N–H and O–H groups in total. The fourth-order valence-corrected chi connectivity index (χ4v) is 2.16. The van der Waals surface area contributed by atoms with E-state index in [4.69, 9.17) is 0 Å². The molecule has 0 radical (unpaired) electrons. The highest BCUT2D eigenvalue weighted by Gasteiger charge is 2.23. The maximum Gasteiger partial charge on any atom is 0.270 e. The van der Waals surface area contributed by atoms with Gasteiger partial charge in [0.25, 0.3) is 11.6 Å². The Hall–Kier alpha value is -2.51. The van der Waals surface area contributed by atoms with E-state index in [0.717, 1.165) is 12.1 Å². The molecule has 0 aromatic heterocycles. The van der Waals surface area contributed by atoms with Crippen molar-refractivity contribution in [1.29, 1.82) is 0 Å². The molecule has 1 aromatic rings. The van der Waals surface area contributed by atoms with Crippen molar-refractivity contribution in [1.82, 2.24) is 10.6 Å². The predicted octanol–water partition coefficient (Wildman–Crippen LogP) is 1.05. The molecule has 2 amide bonds. The molecule has 0 spiro atoms. The van der Waals surface area contributed by atoms with Gasteiger partial charge in [0.2, 0.25) is 5.91 Å². The van der Waals surface area contributed by atoms with Crippen molar-refractivity contribution in [3.8, 4) is 0 Å². The largest absolute Gasteiger partial charge is 0.352 e. The fourth-order valence-electron chi connectivity index (χ4n) is 2.16. The van der Waals surface area contributed by atoms with Crippen LogP contribution in [0.1, 0.15) is 28.8 Å². The van der Waals surface area contributed by atoms with Crippen LogP contribution in [0.5, 0.6) is 0 Å². The second-order valence-corrected chi connectivity index (χ2v) is 4.89. The molecule has 8 heteroatoms. The van der Waals surface area contributed by atoms with E-state index in [9.17, 15) is 24.1 Å². The maximum absolute atomic E-state index is 13.9. The Bertz CT molecular complexity index is 618. The molecule has 112 valence electrons. The number of aryl methyl sites for hydroxylation is 1. The summed E-state index contributed by atoms with van der Waals surface area (Å²) >= 11 is 0. The van der Waals surface area contributed by atoms with Crippen LogP contribution in [0.3, 0.4) is 0 Å². The van der Waals surface area contributed by atoms with E-state index in [2.05, 4.69) is 10.6 Å². The Labute approximate surface area is 119 Å². The Kier molecular flexibility index (Phi) is 4.15. The summed E-state index contributed by atoms with van der Waals surface area (Å²) in [6.07, 6.45) is 0.986. The van der Waals surface area contributed by atoms with Gasteiger partial charge in [-0.2, -0.15) is 0 Å². The Morgan fingerprint density at radius 1 is 1.57 bits per heavy atom. The lowest BCUT2D eigenvalue weighted by atomic mass is 10.1. The molecule has 1 atom stereocenters. The van der Waals surface area contributed by atoms with Crippen LogP contribution in [-0.2, 0) is 4.79 Å². The summed E-state index contributed by atoms with van der Waals surface area (Å²) < 4.78 is 13.9. The average molecular weight is 295 g/mol. The number of hydrogen-bond acceptors (Lipinski definition) is 4. The van der Waals surface area contributed by atoms with Gasteiger partial charge in [-0.15, -0.1) is 0 Å². The van der Waals surface area contributed by atoms with Crippen LogP contribution in [0, 0.1) is 22.9 Å². The normalized spacial score (nSPS) is 17.4. The van der Waals surface area contributed by atoms with Gasteiger partial charge in [-0.25, -0.2) is 4.39 Å². The number of non-ortho nitro benzene ring substituents is 1. The first-order valence-corrected chi connectivity index (χ1v) is 6.40. The Morgan fingerprint density at radius 2 is 2.29 bits per heavy atom. The number of nitrogens with one attached hydrogen (secondary N) is 2. The minimum Gasteiger partial charge on any atom is -0.352 e. The highest BCUT2D eigenvalue weighted by molar-refractivity contribution is 5.95. The van der Waals surface area contributed by atoms with E-state index in [1.54, 1.807) is 0 Å². The molecule has 0 aliphatic carbocycles. The zero-order valence-corrected chi connectivity index (χ0v) is 11.3. The van der Waals surface area contributed by atoms with Gasteiger partial charge >= 0.3 is 0 Å². The number of nitrogens with zero attached hydrogens (tertiary/aromatic N) is 1. The van der Waals surface area contributed by atoms with E-state index in [1.165, 1.54) is 6.92 Å². The molecule has 1 unspecified atom stereocenters. The minimum absolute atomic E-state index is 0.0310. The summed E-state index contributed by atoms with van der Waals surface area (Å²) in [5, 5.41) is 15.9. The molecule has 1 aliphatic heterocycles. The van der Waals surface area contributed by atoms with E-state index in [0.29, 0.717) is 12.8 Å². The number of carbonyl (C=O) groups is 2. The van der Waals surface area contributed by atoms with Gasteiger partial charge in [0.15, 0.2) is 0 Å². The molecule has 0 saturated carbocycles. The van der Waals surface area contributed by atoms with Gasteiger partial charge in [-0.1, -0.05) is 0 Å². The molecule has 21 heavy (non-hydrogen) atoms. The van der Waals surface area contributed by atoms with Gasteiger partial charge < -0.3 is 10.6 Å². The van der Waals surface area contributed by atoms with Gasteiger partial charge in [0.05, 0.1) is 10.5 Å². The first-order chi connectivity index (χ1) is 9.88. The van der Waals surface area contributed by atoms with E-state index in [1.807, 2.05) is 0 Å². The third-order valence-corrected chi connectivity index (χ3v) is 3.29. The van der Waals surface area contributed by atoms with Gasteiger partial charge in [-0.05, 0) is 18.9 Å². The number of carbonyl (C=O) groups excluding carboxylic acids is 2. The molecular weight excluding hydrogens is 281 g/mol. The molecule has 1 saturated heterocycles. The number of benzene rings is 1. The summed E-state index contributed by atoms with van der Waals surface area (Å²) in [6, 6.07) is 1.79. The molecule has 1 heterocycles. The van der Waals surface area contributed by atoms with E-state index < -0.39 is 16.6 Å². The first-order valence-electron chi connectivity index (χ1n) is 6.40. The van der Waals surface area contributed by atoms with Crippen molar-refractivity contribution in [3.05, 3.63) is 39.2 Å². The predicted molar refractivity (Wildman–Crippen MR) is 71.3 cm³/mol. The van der Waals surface area contributed by atoms with Crippen LogP contribution in [0.15, 0.2) is 12.1 Å². The van der Waals surface area contributed by atoms with Crippen molar-refractivity contribution >= 4 is 17.5 Å². The number of nitro benzene ring substituents is 1. The molecule has 1 fully saturated rings. The number of halogens is 1. The second-order valence-electron chi connectivity index (χ2n) is 4.89. The Balaban J connectivity index is 2.11. The molecular formula is C13H14FN3O4. The number of rotatable bonds is 4. The lowest BCUT2D eigenvalue weighted by molar-refractivity contribution is -0.385. The molecule has 7 nitrogen and oxygen atoms in total. The third-order valence-electron chi connectivity index (χ3n) is 3.29. The Morgan fingerprint density at radius 3 is 2.86 bits per heavy atom. The molecule has 0 bridgehead atoms. The van der Waals surface area contributed by atoms with E-state index in [-0.39, 0.29) is 35.3 Å². The first kappa shape index (κ1) is 14.9. The fraction of sp³-hybridized carbons (Fsp3) is 0.385. The number of nitro groups is 1.